The van der Waals surface area contributed by atoms with E-state index in [1.165, 1.54) is 6.07 Å². The number of aliphatic imine (C=N–C) groups is 1. The number of aromatic nitrogens is 2. The van der Waals surface area contributed by atoms with Crippen LogP contribution in [-0.2, 0) is 12.0 Å². The van der Waals surface area contributed by atoms with Gasteiger partial charge in [0.05, 0.1) is 0 Å². The molecular formula is C19H29FIN5. The number of nitrogens with one attached hydrogen (secondary N) is 2. The summed E-state index contributed by atoms with van der Waals surface area (Å²) >= 11 is 0. The summed E-state index contributed by atoms with van der Waals surface area (Å²) in [6.07, 6.45) is 3.75. The molecule has 1 heterocycles. The van der Waals surface area contributed by atoms with Gasteiger partial charge in [0.2, 0.25) is 0 Å². The minimum Gasteiger partial charge on any atom is -0.356 e. The van der Waals surface area contributed by atoms with Gasteiger partial charge in [-0.2, -0.15) is 5.10 Å². The van der Waals surface area contributed by atoms with Crippen LogP contribution in [0.15, 0.2) is 47.7 Å². The van der Waals surface area contributed by atoms with Gasteiger partial charge in [-0.15, -0.1) is 24.0 Å². The second-order valence-electron chi connectivity index (χ2n) is 7.03. The van der Waals surface area contributed by atoms with Gasteiger partial charge in [0.15, 0.2) is 5.96 Å². The van der Waals surface area contributed by atoms with Gasteiger partial charge in [0.25, 0.3) is 0 Å². The molecule has 1 aromatic carbocycles. The van der Waals surface area contributed by atoms with Crippen molar-refractivity contribution in [2.75, 3.05) is 20.1 Å². The Morgan fingerprint density at radius 1 is 1.31 bits per heavy atom. The summed E-state index contributed by atoms with van der Waals surface area (Å²) in [5, 5.41) is 10.9. The smallest absolute Gasteiger partial charge is 0.191 e. The van der Waals surface area contributed by atoms with E-state index >= 15 is 0 Å². The fourth-order valence-corrected chi connectivity index (χ4v) is 2.60. The van der Waals surface area contributed by atoms with Crippen molar-refractivity contribution in [1.29, 1.82) is 0 Å². The first-order chi connectivity index (χ1) is 11.9. The average molecular weight is 473 g/mol. The summed E-state index contributed by atoms with van der Waals surface area (Å²) in [4.78, 5) is 4.27. The number of hydrogen-bond donors (Lipinski definition) is 2. The first kappa shape index (κ1) is 22.4. The Labute approximate surface area is 172 Å². The van der Waals surface area contributed by atoms with Crippen molar-refractivity contribution in [2.24, 2.45) is 10.9 Å². The molecule has 0 saturated carbocycles. The lowest BCUT2D eigenvalue weighted by atomic mass is 9.84. The lowest BCUT2D eigenvalue weighted by Gasteiger charge is -2.27. The molecule has 5 nitrogen and oxygen atoms in total. The largest absolute Gasteiger partial charge is 0.356 e. The maximum Gasteiger partial charge on any atom is 0.191 e. The van der Waals surface area contributed by atoms with Gasteiger partial charge in [0, 0.05) is 44.5 Å². The Bertz CT molecular complexity index is 685. The summed E-state index contributed by atoms with van der Waals surface area (Å²) in [6, 6.07) is 8.68. The Balaban J connectivity index is 0.00000338. The van der Waals surface area contributed by atoms with E-state index in [9.17, 15) is 4.39 Å². The second-order valence-corrected chi connectivity index (χ2v) is 7.03. The highest BCUT2D eigenvalue weighted by atomic mass is 127. The molecule has 0 fully saturated rings. The Kier molecular flexibility index (Phi) is 9.04. The topological polar surface area (TPSA) is 54.2 Å². The monoisotopic (exact) mass is 473 g/mol. The molecule has 26 heavy (non-hydrogen) atoms. The molecule has 2 N–H and O–H groups in total. The highest BCUT2D eigenvalue weighted by molar-refractivity contribution is 14.0. The Morgan fingerprint density at radius 3 is 2.69 bits per heavy atom. The molecule has 2 rings (SSSR count). The summed E-state index contributed by atoms with van der Waals surface area (Å²) in [5.41, 5.74) is 0.753. The molecule has 0 amide bonds. The van der Waals surface area contributed by atoms with Gasteiger partial charge in [-0.05, 0) is 29.7 Å². The number of guanidine groups is 1. The fraction of sp³-hybridized carbons (Fsp3) is 0.474. The molecule has 0 bridgehead atoms. The van der Waals surface area contributed by atoms with Crippen LogP contribution in [0.1, 0.15) is 26.3 Å². The first-order valence-electron chi connectivity index (χ1n) is 8.58. The Hall–Kier alpha value is -1.64. The lowest BCUT2D eigenvalue weighted by Crippen LogP contribution is -2.44. The van der Waals surface area contributed by atoms with Gasteiger partial charge in [-0.1, -0.05) is 32.9 Å². The van der Waals surface area contributed by atoms with Crippen LogP contribution in [0, 0.1) is 11.7 Å². The van der Waals surface area contributed by atoms with Crippen LogP contribution in [0.3, 0.4) is 0 Å². The predicted octanol–water partition coefficient (Wildman–Crippen LogP) is 3.42. The summed E-state index contributed by atoms with van der Waals surface area (Å²) in [5.74, 6) is 0.951. The summed E-state index contributed by atoms with van der Waals surface area (Å²) in [7, 11) is 1.75. The van der Waals surface area contributed by atoms with Crippen molar-refractivity contribution in [3.63, 3.8) is 0 Å². The molecule has 0 aliphatic rings. The molecule has 0 aliphatic carbocycles. The third-order valence-electron chi connectivity index (χ3n) is 4.20. The van der Waals surface area contributed by atoms with Crippen LogP contribution in [0.4, 0.5) is 4.39 Å². The van der Waals surface area contributed by atoms with Crippen molar-refractivity contribution in [2.45, 2.75) is 32.7 Å². The van der Waals surface area contributed by atoms with Crippen molar-refractivity contribution in [1.82, 2.24) is 20.4 Å². The lowest BCUT2D eigenvalue weighted by molar-refractivity contribution is 0.441. The molecule has 0 saturated heterocycles. The van der Waals surface area contributed by atoms with E-state index < -0.39 is 0 Å². The molecular weight excluding hydrogens is 444 g/mol. The SMILES string of the molecule is CN=C(NCC(C)Cn1cccn1)NCC(C)(C)c1cccc(F)c1.I. The highest BCUT2D eigenvalue weighted by Crippen LogP contribution is 2.22. The van der Waals surface area contributed by atoms with E-state index in [2.05, 4.69) is 41.5 Å². The van der Waals surface area contributed by atoms with E-state index in [1.54, 1.807) is 25.4 Å². The molecule has 1 atom stereocenters. The Morgan fingerprint density at radius 2 is 2.08 bits per heavy atom. The van der Waals surface area contributed by atoms with E-state index in [4.69, 9.17) is 0 Å². The first-order valence-corrected chi connectivity index (χ1v) is 8.58. The molecule has 1 unspecified atom stereocenters. The van der Waals surface area contributed by atoms with E-state index in [0.717, 1.165) is 24.6 Å². The van der Waals surface area contributed by atoms with Gasteiger partial charge < -0.3 is 10.6 Å². The molecule has 144 valence electrons. The maximum atomic E-state index is 13.5. The molecule has 0 spiro atoms. The fourth-order valence-electron chi connectivity index (χ4n) is 2.60. The normalized spacial score (nSPS) is 13.0. The van der Waals surface area contributed by atoms with Crippen LogP contribution in [0.5, 0.6) is 0 Å². The van der Waals surface area contributed by atoms with Gasteiger partial charge in [-0.25, -0.2) is 4.39 Å². The summed E-state index contributed by atoms with van der Waals surface area (Å²) < 4.78 is 15.4. The van der Waals surface area contributed by atoms with E-state index in [-0.39, 0.29) is 35.2 Å². The minimum absolute atomic E-state index is 0. The van der Waals surface area contributed by atoms with Crippen molar-refractivity contribution < 1.29 is 4.39 Å². The van der Waals surface area contributed by atoms with Crippen LogP contribution in [0.2, 0.25) is 0 Å². The molecule has 0 aliphatic heterocycles. The van der Waals surface area contributed by atoms with Gasteiger partial charge in [-0.3, -0.25) is 9.67 Å². The van der Waals surface area contributed by atoms with Gasteiger partial charge >= 0.3 is 0 Å². The number of halogens is 2. The minimum atomic E-state index is -0.208. The maximum absolute atomic E-state index is 13.5. The third kappa shape index (κ3) is 6.93. The zero-order valence-electron chi connectivity index (χ0n) is 15.9. The molecule has 7 heteroatoms. The van der Waals surface area contributed by atoms with E-state index in [1.807, 2.05) is 23.0 Å². The van der Waals surface area contributed by atoms with Crippen molar-refractivity contribution in [3.8, 4) is 0 Å². The van der Waals surface area contributed by atoms with E-state index in [0.29, 0.717) is 12.5 Å². The van der Waals surface area contributed by atoms with Crippen LogP contribution in [-0.4, -0.2) is 35.9 Å². The van der Waals surface area contributed by atoms with Crippen LogP contribution >= 0.6 is 24.0 Å². The predicted molar refractivity (Wildman–Crippen MR) is 116 cm³/mol. The number of nitrogens with zero attached hydrogens (tertiary/aromatic N) is 3. The highest BCUT2D eigenvalue weighted by Gasteiger charge is 2.21. The third-order valence-corrected chi connectivity index (χ3v) is 4.20. The quantitative estimate of drug-likeness (QED) is 0.368. The van der Waals surface area contributed by atoms with Gasteiger partial charge in [0.1, 0.15) is 5.82 Å². The molecule has 2 aromatic rings. The number of benzene rings is 1. The number of rotatable bonds is 7. The zero-order chi connectivity index (χ0) is 18.3. The average Bonchev–Trinajstić information content (AvgIpc) is 3.08. The van der Waals surface area contributed by atoms with Crippen LogP contribution < -0.4 is 10.6 Å². The summed E-state index contributed by atoms with van der Waals surface area (Å²) in [6.45, 7) is 8.64. The molecule has 1 aromatic heterocycles. The van der Waals surface area contributed by atoms with Crippen LogP contribution in [0.25, 0.3) is 0 Å². The second kappa shape index (κ2) is 10.5. The standard InChI is InChI=1S/C19H28FN5.HI/c1-15(13-25-10-6-9-24-25)12-22-18(21-4)23-14-19(2,3)16-7-5-8-17(20)11-16;/h5-11,15H,12-14H2,1-4H3,(H2,21,22,23);1H. The molecule has 0 radical (unpaired) electrons. The zero-order valence-corrected chi connectivity index (χ0v) is 18.2. The van der Waals surface area contributed by atoms with Crippen molar-refractivity contribution >= 4 is 29.9 Å². The van der Waals surface area contributed by atoms with Crippen molar-refractivity contribution in [3.05, 3.63) is 54.1 Å². The number of hydrogen-bond acceptors (Lipinski definition) is 2.